The number of thiophene rings is 1. The van der Waals surface area contributed by atoms with Gasteiger partial charge in [-0.2, -0.15) is 0 Å². The average Bonchev–Trinajstić information content (AvgIpc) is 3.47. The van der Waals surface area contributed by atoms with Gasteiger partial charge in [0.15, 0.2) is 0 Å². The molecule has 1 fully saturated rings. The monoisotopic (exact) mass is 433 g/mol. The van der Waals surface area contributed by atoms with E-state index in [-0.39, 0.29) is 29.8 Å². The lowest BCUT2D eigenvalue weighted by Crippen LogP contribution is -2.40. The van der Waals surface area contributed by atoms with Gasteiger partial charge in [-0.1, -0.05) is 0 Å². The summed E-state index contributed by atoms with van der Waals surface area (Å²) in [7, 11) is 1.47. The van der Waals surface area contributed by atoms with Crippen LogP contribution in [-0.2, 0) is 17.6 Å². The summed E-state index contributed by atoms with van der Waals surface area (Å²) < 4.78 is 22.8. The van der Waals surface area contributed by atoms with Crippen LogP contribution in [-0.4, -0.2) is 28.4 Å². The summed E-state index contributed by atoms with van der Waals surface area (Å²) in [6, 6.07) is 1.94. The van der Waals surface area contributed by atoms with Crippen molar-refractivity contribution in [3.05, 3.63) is 59.3 Å². The number of aromatic nitrogens is 2. The van der Waals surface area contributed by atoms with E-state index in [1.54, 1.807) is 0 Å². The first kappa shape index (κ1) is 19.7. The van der Waals surface area contributed by atoms with Crippen molar-refractivity contribution in [3.63, 3.8) is 0 Å². The maximum atomic E-state index is 15.6. The van der Waals surface area contributed by atoms with Crippen molar-refractivity contribution in [1.82, 2.24) is 9.55 Å². The highest BCUT2D eigenvalue weighted by molar-refractivity contribution is 7.12. The summed E-state index contributed by atoms with van der Waals surface area (Å²) in [5.41, 5.74) is 6.21. The van der Waals surface area contributed by atoms with Crippen molar-refractivity contribution >= 4 is 17.0 Å². The zero-order chi connectivity index (χ0) is 21.2. The fourth-order valence-electron chi connectivity index (χ4n) is 4.83. The Kier molecular flexibility index (Phi) is 4.72. The van der Waals surface area contributed by atoms with Gasteiger partial charge in [-0.15, -0.1) is 11.3 Å². The van der Waals surface area contributed by atoms with E-state index in [1.165, 1.54) is 27.9 Å². The second-order valence-corrected chi connectivity index (χ2v) is 9.57. The summed E-state index contributed by atoms with van der Waals surface area (Å²) in [6.45, 7) is 0.139. The summed E-state index contributed by atoms with van der Waals surface area (Å²) in [4.78, 5) is 29.4. The van der Waals surface area contributed by atoms with Crippen molar-refractivity contribution < 1.29 is 14.2 Å². The first-order chi connectivity index (χ1) is 14.4. The molecule has 3 aliphatic carbocycles. The first-order valence-electron chi connectivity index (χ1n) is 10.2. The van der Waals surface area contributed by atoms with Crippen molar-refractivity contribution in [2.24, 2.45) is 11.7 Å². The molecule has 5 rings (SSSR count). The Bertz CT molecular complexity index is 1160. The smallest absolute Gasteiger partial charge is 0.328 e. The third-order valence-corrected chi connectivity index (χ3v) is 7.81. The van der Waals surface area contributed by atoms with Gasteiger partial charge in [0.1, 0.15) is 11.9 Å². The lowest BCUT2D eigenvalue weighted by molar-refractivity contribution is 0.0727. The minimum Gasteiger partial charge on any atom is -0.396 e. The Morgan fingerprint density at radius 3 is 2.80 bits per heavy atom. The molecule has 0 aliphatic heterocycles. The van der Waals surface area contributed by atoms with Gasteiger partial charge < -0.3 is 15.6 Å². The number of nitrogens with zero attached hydrogens (tertiary/aromatic N) is 1. The largest absolute Gasteiger partial charge is 0.396 e. The topological polar surface area (TPSA) is 110 Å². The number of ether oxygens (including phenoxy) is 1. The van der Waals surface area contributed by atoms with Gasteiger partial charge in [-0.05, 0) is 49.7 Å². The van der Waals surface area contributed by atoms with Gasteiger partial charge in [0.2, 0.25) is 0 Å². The number of methoxy groups -OCH3 is 1. The Morgan fingerprint density at radius 2 is 2.13 bits per heavy atom. The SMILES string of the molecule is COC1c2c(c(=O)[nH]c(=O)n2C2CC2)C(N)=C(F)C1c1cc2c(s1)CCC(CO)C2. The van der Waals surface area contributed by atoms with Gasteiger partial charge in [0, 0.05) is 29.5 Å². The van der Waals surface area contributed by atoms with E-state index in [2.05, 4.69) is 4.98 Å². The van der Waals surface area contributed by atoms with Crippen molar-refractivity contribution in [2.45, 2.75) is 50.2 Å². The predicted molar refractivity (Wildman–Crippen MR) is 111 cm³/mol. The van der Waals surface area contributed by atoms with Crippen LogP contribution in [0.5, 0.6) is 0 Å². The second-order valence-electron chi connectivity index (χ2n) is 8.40. The molecule has 0 saturated heterocycles. The molecule has 9 heteroatoms. The van der Waals surface area contributed by atoms with Gasteiger partial charge in [0.25, 0.3) is 5.56 Å². The molecular formula is C21H24FN3O4S. The highest BCUT2D eigenvalue weighted by Gasteiger charge is 2.44. The number of aliphatic hydroxyl groups excluding tert-OH is 1. The number of H-pyrrole nitrogens is 1. The second kappa shape index (κ2) is 7.18. The Hall–Kier alpha value is -2.23. The van der Waals surface area contributed by atoms with Crippen LogP contribution in [0.1, 0.15) is 63.9 Å². The van der Waals surface area contributed by atoms with Crippen LogP contribution in [0.2, 0.25) is 0 Å². The number of aliphatic hydroxyl groups is 1. The molecule has 2 aromatic rings. The molecule has 1 saturated carbocycles. The van der Waals surface area contributed by atoms with Crippen LogP contribution >= 0.6 is 11.3 Å². The average molecular weight is 434 g/mol. The van der Waals surface area contributed by atoms with E-state index in [0.29, 0.717) is 5.69 Å². The normalized spacial score (nSPS) is 25.9. The van der Waals surface area contributed by atoms with Gasteiger partial charge >= 0.3 is 5.69 Å². The number of rotatable bonds is 4. The summed E-state index contributed by atoms with van der Waals surface area (Å²) >= 11 is 1.53. The lowest BCUT2D eigenvalue weighted by Gasteiger charge is -2.32. The molecule has 0 radical (unpaired) electrons. The third kappa shape index (κ3) is 2.91. The number of fused-ring (bicyclic) bond motifs is 2. The molecule has 160 valence electrons. The van der Waals surface area contributed by atoms with Gasteiger partial charge in [0.05, 0.1) is 22.9 Å². The number of hydrogen-bond donors (Lipinski definition) is 3. The van der Waals surface area contributed by atoms with Crippen molar-refractivity contribution in [1.29, 1.82) is 0 Å². The minimum atomic E-state index is -0.823. The fourth-order valence-corrected chi connectivity index (χ4v) is 6.16. The summed E-state index contributed by atoms with van der Waals surface area (Å²) in [5, 5.41) is 9.51. The predicted octanol–water partition coefficient (Wildman–Crippen LogP) is 2.11. The highest BCUT2D eigenvalue weighted by atomic mass is 32.1. The van der Waals surface area contributed by atoms with E-state index in [1.807, 2.05) is 6.07 Å². The minimum absolute atomic E-state index is 0.00349. The number of halogens is 1. The number of aromatic amines is 1. The molecule has 0 amide bonds. The third-order valence-electron chi connectivity index (χ3n) is 6.49. The van der Waals surface area contributed by atoms with Crippen LogP contribution in [0.3, 0.4) is 0 Å². The van der Waals surface area contributed by atoms with Crippen LogP contribution < -0.4 is 17.0 Å². The summed E-state index contributed by atoms with van der Waals surface area (Å²) in [5.74, 6) is -1.19. The zero-order valence-electron chi connectivity index (χ0n) is 16.6. The molecule has 0 bridgehead atoms. The molecule has 3 unspecified atom stereocenters. The Morgan fingerprint density at radius 1 is 1.37 bits per heavy atom. The zero-order valence-corrected chi connectivity index (χ0v) is 17.4. The standard InChI is InChI=1S/C21H24FN3O4S/c1-29-19-14(13-7-10-6-9(8-26)2-5-12(10)30-13)16(22)17(23)15-18(19)25(11-3-4-11)21(28)24-20(15)27/h7,9,11,14,19,26H,2-6,8,23H2,1H3,(H,24,27,28). The Labute approximate surface area is 176 Å². The molecule has 30 heavy (non-hydrogen) atoms. The molecular weight excluding hydrogens is 409 g/mol. The molecule has 0 aromatic carbocycles. The number of aryl methyl sites for hydroxylation is 1. The molecule has 3 atom stereocenters. The molecule has 3 aliphatic rings. The van der Waals surface area contributed by atoms with Crippen molar-refractivity contribution in [2.75, 3.05) is 13.7 Å². The summed E-state index contributed by atoms with van der Waals surface area (Å²) in [6.07, 6.45) is 3.33. The van der Waals surface area contributed by atoms with E-state index in [0.717, 1.165) is 42.5 Å². The number of nitrogens with one attached hydrogen (secondary N) is 1. The maximum Gasteiger partial charge on any atom is 0.328 e. The van der Waals surface area contributed by atoms with Crippen LogP contribution in [0.25, 0.3) is 5.70 Å². The molecule has 4 N–H and O–H groups in total. The van der Waals surface area contributed by atoms with Crippen LogP contribution in [0.15, 0.2) is 21.5 Å². The van der Waals surface area contributed by atoms with Crippen LogP contribution in [0.4, 0.5) is 4.39 Å². The van der Waals surface area contributed by atoms with Gasteiger partial charge in [-0.25, -0.2) is 9.18 Å². The van der Waals surface area contributed by atoms with E-state index in [9.17, 15) is 14.7 Å². The molecule has 7 nitrogen and oxygen atoms in total. The number of nitrogens with two attached hydrogens (primary N) is 1. The van der Waals surface area contributed by atoms with E-state index >= 15 is 4.39 Å². The van der Waals surface area contributed by atoms with E-state index in [4.69, 9.17) is 10.5 Å². The van der Waals surface area contributed by atoms with Gasteiger partial charge in [-0.3, -0.25) is 14.3 Å². The highest BCUT2D eigenvalue weighted by Crippen LogP contribution is 2.51. The Balaban J connectivity index is 1.68. The van der Waals surface area contributed by atoms with E-state index < -0.39 is 29.1 Å². The molecule has 2 heterocycles. The lowest BCUT2D eigenvalue weighted by atomic mass is 9.84. The maximum absolute atomic E-state index is 15.6. The quantitative estimate of drug-likeness (QED) is 0.684. The number of hydrogen-bond acceptors (Lipinski definition) is 6. The molecule has 2 aromatic heterocycles. The van der Waals surface area contributed by atoms with Crippen molar-refractivity contribution in [3.8, 4) is 0 Å². The fraction of sp³-hybridized carbons (Fsp3) is 0.524. The molecule has 0 spiro atoms. The van der Waals surface area contributed by atoms with Crippen LogP contribution in [0, 0.1) is 5.92 Å². The first-order valence-corrected chi connectivity index (χ1v) is 11.1.